The van der Waals surface area contributed by atoms with Crippen molar-refractivity contribution >= 4 is 17.7 Å². The number of nitriles is 1. The van der Waals surface area contributed by atoms with E-state index in [-0.39, 0.29) is 5.57 Å². The highest BCUT2D eigenvalue weighted by atomic mass is 19.1. The summed E-state index contributed by atoms with van der Waals surface area (Å²) in [6, 6.07) is 22.3. The first-order valence-electron chi connectivity index (χ1n) is 10.8. The van der Waals surface area contributed by atoms with Gasteiger partial charge in [0.15, 0.2) is 11.5 Å². The topological polar surface area (TPSA) is 89.2 Å². The van der Waals surface area contributed by atoms with E-state index in [2.05, 4.69) is 5.32 Å². The molecule has 8 heteroatoms. The molecule has 7 nitrogen and oxygen atoms in total. The van der Waals surface area contributed by atoms with Crippen LogP contribution in [0.5, 0.6) is 11.5 Å². The molecule has 35 heavy (non-hydrogen) atoms. The number of aromatic nitrogens is 2. The number of nitrogens with zero attached hydrogens (tertiary/aromatic N) is 3. The second-order valence-corrected chi connectivity index (χ2v) is 7.70. The lowest BCUT2D eigenvalue weighted by Gasteiger charge is -2.18. The van der Waals surface area contributed by atoms with Crippen LogP contribution in [0.3, 0.4) is 0 Å². The van der Waals surface area contributed by atoms with Gasteiger partial charge in [0.05, 0.1) is 5.69 Å². The van der Waals surface area contributed by atoms with Gasteiger partial charge in [-0.05, 0) is 60.7 Å². The molecule has 172 valence electrons. The molecule has 0 aliphatic carbocycles. The number of amides is 1. The van der Waals surface area contributed by atoms with Crippen LogP contribution in [0.25, 0.3) is 23.0 Å². The first-order valence-corrected chi connectivity index (χ1v) is 10.8. The van der Waals surface area contributed by atoms with Gasteiger partial charge in [-0.25, -0.2) is 9.07 Å². The van der Waals surface area contributed by atoms with Crippen LogP contribution in [-0.4, -0.2) is 28.9 Å². The molecule has 4 aromatic rings. The minimum Gasteiger partial charge on any atom is -0.486 e. The van der Waals surface area contributed by atoms with E-state index in [9.17, 15) is 14.4 Å². The highest BCUT2D eigenvalue weighted by Crippen LogP contribution is 2.36. The van der Waals surface area contributed by atoms with Gasteiger partial charge < -0.3 is 14.8 Å². The minimum atomic E-state index is -0.611. The number of anilines is 1. The molecule has 0 saturated heterocycles. The van der Waals surface area contributed by atoms with Crippen molar-refractivity contribution in [2.75, 3.05) is 18.5 Å². The summed E-state index contributed by atoms with van der Waals surface area (Å²) in [5.74, 6) is 0.222. The molecular weight excluding hydrogens is 447 g/mol. The second-order valence-electron chi connectivity index (χ2n) is 7.70. The summed E-state index contributed by atoms with van der Waals surface area (Å²) in [6.45, 7) is 0.932. The SMILES string of the molecule is N#CC(=Cc1cn(-c2ccccc2)nc1-c1ccc2c(c1)OCCO2)C(=O)Nc1ccc(F)cc1. The number of nitrogens with one attached hydrogen (secondary N) is 1. The number of halogens is 1. The van der Waals surface area contributed by atoms with Gasteiger partial charge in [-0.1, -0.05) is 18.2 Å². The Bertz CT molecular complexity index is 1450. The molecule has 3 aromatic carbocycles. The molecule has 0 fully saturated rings. The van der Waals surface area contributed by atoms with Gasteiger partial charge in [-0.15, -0.1) is 0 Å². The van der Waals surface area contributed by atoms with Crippen molar-refractivity contribution in [1.29, 1.82) is 5.26 Å². The lowest BCUT2D eigenvalue weighted by atomic mass is 10.0. The fourth-order valence-corrected chi connectivity index (χ4v) is 3.66. The summed E-state index contributed by atoms with van der Waals surface area (Å²) in [6.07, 6.45) is 3.24. The van der Waals surface area contributed by atoms with Gasteiger partial charge in [0, 0.05) is 23.0 Å². The maximum absolute atomic E-state index is 13.2. The average Bonchev–Trinajstić information content (AvgIpc) is 3.32. The Hall–Kier alpha value is -4.90. The van der Waals surface area contributed by atoms with Crippen LogP contribution >= 0.6 is 0 Å². The van der Waals surface area contributed by atoms with Crippen molar-refractivity contribution in [3.05, 3.63) is 95.9 Å². The summed E-state index contributed by atoms with van der Waals surface area (Å²) in [5.41, 5.74) is 2.95. The predicted octanol–water partition coefficient (Wildman–Crippen LogP) is 5.00. The Morgan fingerprint density at radius 2 is 1.77 bits per heavy atom. The highest BCUT2D eigenvalue weighted by molar-refractivity contribution is 6.10. The number of rotatable bonds is 5. The van der Waals surface area contributed by atoms with Gasteiger partial charge in [0.2, 0.25) is 0 Å². The quantitative estimate of drug-likeness (QED) is 0.330. The van der Waals surface area contributed by atoms with Crippen LogP contribution in [0.1, 0.15) is 5.56 Å². The maximum atomic E-state index is 13.2. The van der Waals surface area contributed by atoms with Crippen LogP contribution in [0.2, 0.25) is 0 Å². The lowest BCUT2D eigenvalue weighted by Crippen LogP contribution is -2.15. The summed E-state index contributed by atoms with van der Waals surface area (Å²) in [7, 11) is 0. The highest BCUT2D eigenvalue weighted by Gasteiger charge is 2.18. The van der Waals surface area contributed by atoms with E-state index in [4.69, 9.17) is 14.6 Å². The normalized spacial score (nSPS) is 12.6. The van der Waals surface area contributed by atoms with Crippen LogP contribution in [-0.2, 0) is 4.79 Å². The molecule has 1 aliphatic heterocycles. The zero-order chi connectivity index (χ0) is 24.2. The number of carbonyl (C=O) groups is 1. The molecule has 0 spiro atoms. The number of hydrogen-bond donors (Lipinski definition) is 1. The number of benzene rings is 3. The van der Waals surface area contributed by atoms with Gasteiger partial charge in [-0.3, -0.25) is 4.79 Å². The zero-order valence-electron chi connectivity index (χ0n) is 18.4. The van der Waals surface area contributed by atoms with E-state index < -0.39 is 11.7 Å². The third-order valence-corrected chi connectivity index (χ3v) is 5.35. The van der Waals surface area contributed by atoms with E-state index in [0.29, 0.717) is 41.7 Å². The number of fused-ring (bicyclic) bond motifs is 1. The fourth-order valence-electron chi connectivity index (χ4n) is 3.66. The summed E-state index contributed by atoms with van der Waals surface area (Å²) < 4.78 is 26.2. The van der Waals surface area contributed by atoms with Crippen LogP contribution in [0.4, 0.5) is 10.1 Å². The van der Waals surface area contributed by atoms with Gasteiger partial charge in [-0.2, -0.15) is 10.4 Å². The van der Waals surface area contributed by atoms with E-state index in [1.54, 1.807) is 10.9 Å². The molecule has 1 aromatic heterocycles. The molecule has 1 amide bonds. The summed E-state index contributed by atoms with van der Waals surface area (Å²) >= 11 is 0. The average molecular weight is 466 g/mol. The molecule has 0 saturated carbocycles. The fraction of sp³-hybridized carbons (Fsp3) is 0.0741. The largest absolute Gasteiger partial charge is 0.486 e. The maximum Gasteiger partial charge on any atom is 0.266 e. The standard InChI is InChI=1S/C27H19FN4O3/c28-21-7-9-22(10-8-21)30-27(33)19(16-29)14-20-17-32(23-4-2-1-3-5-23)31-26(20)18-6-11-24-25(15-18)35-13-12-34-24/h1-11,14-15,17H,12-13H2,(H,30,33). The smallest absolute Gasteiger partial charge is 0.266 e. The van der Waals surface area contributed by atoms with Gasteiger partial charge in [0.25, 0.3) is 5.91 Å². The van der Waals surface area contributed by atoms with Crippen molar-refractivity contribution in [3.8, 4) is 34.5 Å². The first kappa shape index (κ1) is 21.9. The number of para-hydroxylation sites is 1. The molecule has 5 rings (SSSR count). The van der Waals surface area contributed by atoms with Crippen molar-refractivity contribution in [2.24, 2.45) is 0 Å². The monoisotopic (exact) mass is 466 g/mol. The van der Waals surface area contributed by atoms with Crippen LogP contribution < -0.4 is 14.8 Å². The molecule has 0 bridgehead atoms. The Labute approximate surface area is 200 Å². The molecule has 2 heterocycles. The second kappa shape index (κ2) is 9.53. The Morgan fingerprint density at radius 3 is 2.51 bits per heavy atom. The molecule has 0 unspecified atom stereocenters. The summed E-state index contributed by atoms with van der Waals surface area (Å²) in [4.78, 5) is 12.8. The third kappa shape index (κ3) is 4.75. The molecular formula is C27H19FN4O3. The van der Waals surface area contributed by atoms with Gasteiger partial charge >= 0.3 is 0 Å². The number of ether oxygens (including phenoxy) is 2. The third-order valence-electron chi connectivity index (χ3n) is 5.35. The Morgan fingerprint density at radius 1 is 1.03 bits per heavy atom. The van der Waals surface area contributed by atoms with Crippen molar-refractivity contribution in [3.63, 3.8) is 0 Å². The Balaban J connectivity index is 1.55. The van der Waals surface area contributed by atoms with E-state index in [0.717, 1.165) is 11.3 Å². The van der Waals surface area contributed by atoms with Crippen LogP contribution in [0.15, 0.2) is 84.6 Å². The predicted molar refractivity (Wildman–Crippen MR) is 129 cm³/mol. The van der Waals surface area contributed by atoms with Crippen LogP contribution in [0, 0.1) is 17.1 Å². The lowest BCUT2D eigenvalue weighted by molar-refractivity contribution is -0.112. The first-order chi connectivity index (χ1) is 17.1. The number of hydrogen-bond acceptors (Lipinski definition) is 5. The van der Waals surface area contributed by atoms with E-state index in [1.165, 1.54) is 30.3 Å². The van der Waals surface area contributed by atoms with E-state index >= 15 is 0 Å². The van der Waals surface area contributed by atoms with E-state index in [1.807, 2.05) is 54.6 Å². The van der Waals surface area contributed by atoms with Crippen molar-refractivity contribution in [1.82, 2.24) is 9.78 Å². The zero-order valence-corrected chi connectivity index (χ0v) is 18.4. The molecule has 0 atom stereocenters. The van der Waals surface area contributed by atoms with Gasteiger partial charge in [0.1, 0.15) is 36.4 Å². The number of carbonyl (C=O) groups excluding carboxylic acids is 1. The van der Waals surface area contributed by atoms with Crippen molar-refractivity contribution < 1.29 is 18.7 Å². The summed E-state index contributed by atoms with van der Waals surface area (Å²) in [5, 5.41) is 17.1. The molecule has 1 N–H and O–H groups in total. The minimum absolute atomic E-state index is 0.124. The molecule has 0 radical (unpaired) electrons. The molecule has 1 aliphatic rings. The Kier molecular flexibility index (Phi) is 5.97. The van der Waals surface area contributed by atoms with Crippen molar-refractivity contribution in [2.45, 2.75) is 0 Å².